The van der Waals surface area contributed by atoms with Crippen LogP contribution in [-0.2, 0) is 9.53 Å². The maximum absolute atomic E-state index is 12.4. The Hall–Kier alpha value is -1.88. The number of hydrogen-bond acceptors (Lipinski definition) is 3. The van der Waals surface area contributed by atoms with E-state index in [1.54, 1.807) is 12.1 Å². The smallest absolute Gasteiger partial charge is 0.330 e. The van der Waals surface area contributed by atoms with Gasteiger partial charge in [0.25, 0.3) is 0 Å². The van der Waals surface area contributed by atoms with Gasteiger partial charge in [0.2, 0.25) is 5.91 Å². The topological polar surface area (TPSA) is 58.6 Å². The third-order valence-electron chi connectivity index (χ3n) is 3.97. The van der Waals surface area contributed by atoms with Crippen LogP contribution in [-0.4, -0.2) is 29.7 Å². The van der Waals surface area contributed by atoms with Crippen molar-refractivity contribution in [2.45, 2.75) is 31.8 Å². The van der Waals surface area contributed by atoms with Crippen LogP contribution in [0.25, 0.3) is 0 Å². The van der Waals surface area contributed by atoms with Crippen LogP contribution >= 0.6 is 0 Å². The molecule has 0 aromatic heterocycles. The SMILES string of the molecule is O=C(Nc1ccccc1)N1CO[C@H]2CCCC[C@H]2C1=O. The summed E-state index contributed by atoms with van der Waals surface area (Å²) in [5.74, 6) is -0.256. The van der Waals surface area contributed by atoms with E-state index in [9.17, 15) is 9.59 Å². The maximum atomic E-state index is 12.4. The first-order valence-electron chi connectivity index (χ1n) is 7.05. The Kier molecular flexibility index (Phi) is 3.69. The molecule has 1 heterocycles. The molecule has 0 radical (unpaired) electrons. The molecule has 1 N–H and O–H groups in total. The highest BCUT2D eigenvalue weighted by molar-refractivity contribution is 6.02. The number of hydrogen-bond donors (Lipinski definition) is 1. The number of anilines is 1. The minimum atomic E-state index is -0.412. The number of rotatable bonds is 1. The van der Waals surface area contributed by atoms with Crippen LogP contribution in [0.2, 0.25) is 0 Å². The lowest BCUT2D eigenvalue weighted by atomic mass is 9.85. The summed E-state index contributed by atoms with van der Waals surface area (Å²) in [6.45, 7) is 0.0542. The summed E-state index contributed by atoms with van der Waals surface area (Å²) in [7, 11) is 0. The van der Waals surface area contributed by atoms with Crippen LogP contribution in [0.5, 0.6) is 0 Å². The Bertz CT molecular complexity index is 503. The first kappa shape index (κ1) is 13.1. The molecule has 0 unspecified atom stereocenters. The molecule has 2 aliphatic rings. The summed E-state index contributed by atoms with van der Waals surface area (Å²) in [5, 5.41) is 2.72. The van der Waals surface area contributed by atoms with E-state index in [4.69, 9.17) is 4.74 Å². The number of fused-ring (bicyclic) bond motifs is 1. The molecule has 3 rings (SSSR count). The van der Waals surface area contributed by atoms with E-state index in [2.05, 4.69) is 5.32 Å². The Balaban J connectivity index is 1.68. The molecule has 5 nitrogen and oxygen atoms in total. The number of nitrogens with one attached hydrogen (secondary N) is 1. The van der Waals surface area contributed by atoms with Gasteiger partial charge in [-0.25, -0.2) is 9.69 Å². The predicted octanol–water partition coefficient (Wildman–Crippen LogP) is 2.59. The molecule has 1 aliphatic heterocycles. The molecule has 1 saturated heterocycles. The molecule has 1 aliphatic carbocycles. The molecule has 1 aromatic rings. The average Bonchev–Trinajstić information content (AvgIpc) is 2.49. The van der Waals surface area contributed by atoms with Gasteiger partial charge in [0.15, 0.2) is 0 Å². The van der Waals surface area contributed by atoms with Crippen LogP contribution in [0, 0.1) is 5.92 Å². The standard InChI is InChI=1S/C15H18N2O3/c18-14-12-8-4-5-9-13(12)20-10-17(14)15(19)16-11-6-2-1-3-7-11/h1-3,6-7,12-13H,4-5,8-10H2,(H,16,19)/t12-,13+/m1/s1. The molecule has 106 valence electrons. The highest BCUT2D eigenvalue weighted by atomic mass is 16.5. The van der Waals surface area contributed by atoms with Gasteiger partial charge >= 0.3 is 6.03 Å². The van der Waals surface area contributed by atoms with Crippen LogP contribution < -0.4 is 5.32 Å². The number of amides is 3. The van der Waals surface area contributed by atoms with Crippen molar-refractivity contribution in [3.8, 4) is 0 Å². The predicted molar refractivity (Wildman–Crippen MR) is 74.0 cm³/mol. The second-order valence-corrected chi connectivity index (χ2v) is 5.29. The highest BCUT2D eigenvalue weighted by Gasteiger charge is 2.41. The fourth-order valence-corrected chi connectivity index (χ4v) is 2.88. The first-order chi connectivity index (χ1) is 9.75. The van der Waals surface area contributed by atoms with Crippen molar-refractivity contribution in [1.82, 2.24) is 4.90 Å². The first-order valence-corrected chi connectivity index (χ1v) is 7.05. The Morgan fingerprint density at radius 2 is 1.95 bits per heavy atom. The lowest BCUT2D eigenvalue weighted by Crippen LogP contribution is -2.53. The fraction of sp³-hybridized carbons (Fsp3) is 0.467. The van der Waals surface area contributed by atoms with E-state index in [0.717, 1.165) is 25.7 Å². The minimum Gasteiger partial charge on any atom is -0.356 e. The number of imide groups is 1. The normalized spacial score (nSPS) is 26.0. The van der Waals surface area contributed by atoms with Crippen molar-refractivity contribution in [3.05, 3.63) is 30.3 Å². The summed E-state index contributed by atoms with van der Waals surface area (Å²) in [6, 6.07) is 8.71. The summed E-state index contributed by atoms with van der Waals surface area (Å²) in [5.41, 5.74) is 0.677. The molecule has 20 heavy (non-hydrogen) atoms. The molecule has 2 fully saturated rings. The lowest BCUT2D eigenvalue weighted by Gasteiger charge is -2.39. The number of ether oxygens (including phenoxy) is 1. The van der Waals surface area contributed by atoms with Crippen molar-refractivity contribution >= 4 is 17.6 Å². The van der Waals surface area contributed by atoms with Gasteiger partial charge in [-0.15, -0.1) is 0 Å². The van der Waals surface area contributed by atoms with Crippen molar-refractivity contribution in [3.63, 3.8) is 0 Å². The molecule has 5 heteroatoms. The Morgan fingerprint density at radius 3 is 2.75 bits per heavy atom. The zero-order chi connectivity index (χ0) is 13.9. The van der Waals surface area contributed by atoms with Crippen molar-refractivity contribution in [2.75, 3.05) is 12.0 Å². The van der Waals surface area contributed by atoms with Crippen molar-refractivity contribution < 1.29 is 14.3 Å². The molecular weight excluding hydrogens is 256 g/mol. The van der Waals surface area contributed by atoms with Gasteiger partial charge < -0.3 is 10.1 Å². The van der Waals surface area contributed by atoms with Gasteiger partial charge in [-0.1, -0.05) is 31.0 Å². The summed E-state index contributed by atoms with van der Waals surface area (Å²) in [6.07, 6.45) is 3.87. The van der Waals surface area contributed by atoms with E-state index in [0.29, 0.717) is 5.69 Å². The van der Waals surface area contributed by atoms with Crippen LogP contribution in [0.3, 0.4) is 0 Å². The highest BCUT2D eigenvalue weighted by Crippen LogP contribution is 2.31. The van der Waals surface area contributed by atoms with Gasteiger partial charge in [0.1, 0.15) is 6.73 Å². The largest absolute Gasteiger partial charge is 0.356 e. The van der Waals surface area contributed by atoms with Gasteiger partial charge in [-0.05, 0) is 25.0 Å². The van der Waals surface area contributed by atoms with Gasteiger partial charge in [0.05, 0.1) is 12.0 Å². The molecule has 1 aromatic carbocycles. The third kappa shape index (κ3) is 2.54. The van der Waals surface area contributed by atoms with Gasteiger partial charge in [-0.2, -0.15) is 0 Å². The average molecular weight is 274 g/mol. The molecular formula is C15H18N2O3. The number of urea groups is 1. The monoisotopic (exact) mass is 274 g/mol. The molecule has 2 atom stereocenters. The fourth-order valence-electron chi connectivity index (χ4n) is 2.88. The van der Waals surface area contributed by atoms with Crippen molar-refractivity contribution in [2.24, 2.45) is 5.92 Å². The summed E-state index contributed by atoms with van der Waals surface area (Å²) < 4.78 is 5.67. The molecule has 3 amide bonds. The molecule has 1 saturated carbocycles. The van der Waals surface area contributed by atoms with E-state index in [1.807, 2.05) is 18.2 Å². The number of carbonyl (C=O) groups excluding carboxylic acids is 2. The van der Waals surface area contributed by atoms with Gasteiger partial charge in [-0.3, -0.25) is 4.79 Å². The van der Waals surface area contributed by atoms with E-state index in [1.165, 1.54) is 4.90 Å². The molecule has 0 bridgehead atoms. The van der Waals surface area contributed by atoms with E-state index in [-0.39, 0.29) is 24.7 Å². The zero-order valence-electron chi connectivity index (χ0n) is 11.2. The number of nitrogens with zero attached hydrogens (tertiary/aromatic N) is 1. The minimum absolute atomic E-state index is 0.00275. The number of para-hydroxylation sites is 1. The molecule has 0 spiro atoms. The Labute approximate surface area is 117 Å². The summed E-state index contributed by atoms with van der Waals surface area (Å²) >= 11 is 0. The van der Waals surface area contributed by atoms with Gasteiger partial charge in [0, 0.05) is 5.69 Å². The van der Waals surface area contributed by atoms with Crippen LogP contribution in [0.1, 0.15) is 25.7 Å². The zero-order valence-corrected chi connectivity index (χ0v) is 11.2. The second-order valence-electron chi connectivity index (χ2n) is 5.29. The second kappa shape index (κ2) is 5.63. The number of benzene rings is 1. The maximum Gasteiger partial charge on any atom is 0.330 e. The van der Waals surface area contributed by atoms with E-state index < -0.39 is 6.03 Å². The lowest BCUT2D eigenvalue weighted by molar-refractivity contribution is -0.161. The quantitative estimate of drug-likeness (QED) is 0.856. The Morgan fingerprint density at radius 1 is 1.20 bits per heavy atom. The summed E-state index contributed by atoms with van der Waals surface area (Å²) in [4.78, 5) is 25.7. The number of carbonyl (C=O) groups is 2. The van der Waals surface area contributed by atoms with Crippen LogP contribution in [0.4, 0.5) is 10.5 Å². The van der Waals surface area contributed by atoms with Crippen LogP contribution in [0.15, 0.2) is 30.3 Å². The van der Waals surface area contributed by atoms with E-state index >= 15 is 0 Å². The third-order valence-corrected chi connectivity index (χ3v) is 3.97. The van der Waals surface area contributed by atoms with Crippen molar-refractivity contribution in [1.29, 1.82) is 0 Å².